The molecule has 2 heteroatoms. The molecule has 0 fully saturated rings. The van der Waals surface area contributed by atoms with E-state index in [9.17, 15) is 0 Å². The van der Waals surface area contributed by atoms with Crippen molar-refractivity contribution in [2.45, 2.75) is 38.5 Å². The summed E-state index contributed by atoms with van der Waals surface area (Å²) < 4.78 is 0. The van der Waals surface area contributed by atoms with Crippen molar-refractivity contribution in [1.82, 2.24) is 0 Å². The third kappa shape index (κ3) is 3.78. The van der Waals surface area contributed by atoms with Crippen molar-refractivity contribution in [3.05, 3.63) is 23.8 Å². The highest BCUT2D eigenvalue weighted by atomic mass is 32.2. The average molecular weight is 223 g/mol. The fourth-order valence-electron chi connectivity index (χ4n) is 1.48. The van der Waals surface area contributed by atoms with Crippen molar-refractivity contribution in [1.29, 1.82) is 0 Å². The molecule has 0 heterocycles. The van der Waals surface area contributed by atoms with Gasteiger partial charge >= 0.3 is 0 Å². The van der Waals surface area contributed by atoms with E-state index >= 15 is 0 Å². The molecule has 0 aliphatic carbocycles. The lowest BCUT2D eigenvalue weighted by Crippen LogP contribution is -1.99. The molecule has 0 atom stereocenters. The summed E-state index contributed by atoms with van der Waals surface area (Å²) in [5, 5.41) is 0. The van der Waals surface area contributed by atoms with E-state index in [-0.39, 0.29) is 0 Å². The zero-order chi connectivity index (χ0) is 11.3. The lowest BCUT2D eigenvalue weighted by Gasteiger charge is -2.12. The van der Waals surface area contributed by atoms with Crippen molar-refractivity contribution in [2.24, 2.45) is 5.92 Å². The highest BCUT2D eigenvalue weighted by Crippen LogP contribution is 2.26. The molecule has 0 unspecified atom stereocenters. The molecule has 15 heavy (non-hydrogen) atoms. The van der Waals surface area contributed by atoms with Gasteiger partial charge in [-0.3, -0.25) is 0 Å². The van der Waals surface area contributed by atoms with E-state index in [4.69, 9.17) is 5.73 Å². The Balaban J connectivity index is 2.54. The SMILES string of the molecule is CCC(CC)CSc1ccc(N)c(C)c1. The molecule has 0 radical (unpaired) electrons. The van der Waals surface area contributed by atoms with Crippen molar-refractivity contribution < 1.29 is 0 Å². The van der Waals surface area contributed by atoms with E-state index in [1.165, 1.54) is 29.1 Å². The first-order chi connectivity index (χ1) is 7.17. The van der Waals surface area contributed by atoms with Gasteiger partial charge in [-0.2, -0.15) is 0 Å². The largest absolute Gasteiger partial charge is 0.399 e. The Morgan fingerprint density at radius 1 is 1.27 bits per heavy atom. The Morgan fingerprint density at radius 2 is 1.93 bits per heavy atom. The normalized spacial score (nSPS) is 10.9. The van der Waals surface area contributed by atoms with Crippen molar-refractivity contribution in [2.75, 3.05) is 11.5 Å². The Kier molecular flexibility index (Phi) is 5.03. The molecular weight excluding hydrogens is 202 g/mol. The number of aryl methyl sites for hydroxylation is 1. The molecule has 1 nitrogen and oxygen atoms in total. The van der Waals surface area contributed by atoms with Crippen LogP contribution in [-0.4, -0.2) is 5.75 Å². The van der Waals surface area contributed by atoms with Gasteiger partial charge in [-0.15, -0.1) is 11.8 Å². The molecule has 0 aliphatic rings. The zero-order valence-corrected chi connectivity index (χ0v) is 10.7. The van der Waals surface area contributed by atoms with E-state index < -0.39 is 0 Å². The van der Waals surface area contributed by atoms with Crippen LogP contribution in [0.25, 0.3) is 0 Å². The maximum atomic E-state index is 5.79. The van der Waals surface area contributed by atoms with Crippen LogP contribution < -0.4 is 5.73 Å². The molecule has 0 saturated carbocycles. The van der Waals surface area contributed by atoms with Gasteiger partial charge in [-0.05, 0) is 36.6 Å². The van der Waals surface area contributed by atoms with Gasteiger partial charge in [0.25, 0.3) is 0 Å². The first kappa shape index (κ1) is 12.4. The van der Waals surface area contributed by atoms with Crippen molar-refractivity contribution in [3.63, 3.8) is 0 Å². The number of benzene rings is 1. The Bertz CT molecular complexity index is 305. The predicted octanol–water partition coefficient (Wildman–Crippen LogP) is 4.11. The summed E-state index contributed by atoms with van der Waals surface area (Å²) >= 11 is 1.94. The molecule has 2 N–H and O–H groups in total. The predicted molar refractivity (Wildman–Crippen MR) is 70.4 cm³/mol. The number of nitrogen functional groups attached to an aromatic ring is 1. The smallest absolute Gasteiger partial charge is 0.0344 e. The van der Waals surface area contributed by atoms with Crippen LogP contribution in [0.1, 0.15) is 32.3 Å². The van der Waals surface area contributed by atoms with Gasteiger partial charge in [0.1, 0.15) is 0 Å². The molecule has 1 aromatic carbocycles. The second-order valence-electron chi connectivity index (χ2n) is 4.01. The van der Waals surface area contributed by atoms with E-state index in [1.807, 2.05) is 17.8 Å². The first-order valence-electron chi connectivity index (χ1n) is 5.66. The number of hydrogen-bond acceptors (Lipinski definition) is 2. The number of thioether (sulfide) groups is 1. The van der Waals surface area contributed by atoms with Crippen LogP contribution in [0.4, 0.5) is 5.69 Å². The Labute approximate surface area is 97.4 Å². The summed E-state index contributed by atoms with van der Waals surface area (Å²) in [5.41, 5.74) is 7.86. The molecule has 1 rings (SSSR count). The van der Waals surface area contributed by atoms with E-state index in [0.717, 1.165) is 11.6 Å². The minimum Gasteiger partial charge on any atom is -0.399 e. The van der Waals surface area contributed by atoms with Crippen LogP contribution in [0.3, 0.4) is 0 Å². The molecule has 0 aromatic heterocycles. The van der Waals surface area contributed by atoms with Crippen LogP contribution >= 0.6 is 11.8 Å². The second-order valence-corrected chi connectivity index (χ2v) is 5.11. The van der Waals surface area contributed by atoms with Crippen molar-refractivity contribution in [3.8, 4) is 0 Å². The topological polar surface area (TPSA) is 26.0 Å². The number of hydrogen-bond donors (Lipinski definition) is 1. The minimum absolute atomic E-state index is 0.841. The standard InChI is InChI=1S/C13H21NS/c1-4-11(5-2)9-15-12-6-7-13(14)10(3)8-12/h6-8,11H,4-5,9,14H2,1-3H3. The summed E-state index contributed by atoms with van der Waals surface area (Å²) in [5.74, 6) is 2.06. The van der Waals surface area contributed by atoms with Crippen LogP contribution in [0.2, 0.25) is 0 Å². The minimum atomic E-state index is 0.841. The van der Waals surface area contributed by atoms with Gasteiger partial charge in [-0.25, -0.2) is 0 Å². The van der Waals surface area contributed by atoms with E-state index in [1.54, 1.807) is 0 Å². The van der Waals surface area contributed by atoms with Crippen molar-refractivity contribution >= 4 is 17.4 Å². The van der Waals surface area contributed by atoms with Gasteiger partial charge in [0.05, 0.1) is 0 Å². The Hall–Kier alpha value is -0.630. The number of rotatable bonds is 5. The molecule has 0 aliphatic heterocycles. The average Bonchev–Trinajstić information content (AvgIpc) is 2.24. The van der Waals surface area contributed by atoms with Gasteiger partial charge in [0.15, 0.2) is 0 Å². The fraction of sp³-hybridized carbons (Fsp3) is 0.538. The monoisotopic (exact) mass is 223 g/mol. The molecule has 0 saturated heterocycles. The van der Waals surface area contributed by atoms with Crippen LogP contribution in [-0.2, 0) is 0 Å². The van der Waals surface area contributed by atoms with E-state index in [0.29, 0.717) is 0 Å². The number of anilines is 1. The molecule has 0 amide bonds. The summed E-state index contributed by atoms with van der Waals surface area (Å²) in [7, 11) is 0. The third-order valence-corrected chi connectivity index (χ3v) is 4.11. The lowest BCUT2D eigenvalue weighted by atomic mass is 10.1. The molecule has 1 aromatic rings. The van der Waals surface area contributed by atoms with Gasteiger partial charge in [-0.1, -0.05) is 26.7 Å². The summed E-state index contributed by atoms with van der Waals surface area (Å²) in [6.45, 7) is 6.60. The second kappa shape index (κ2) is 6.06. The molecule has 0 bridgehead atoms. The summed E-state index contributed by atoms with van der Waals surface area (Å²) in [4.78, 5) is 1.34. The maximum absolute atomic E-state index is 5.79. The zero-order valence-electron chi connectivity index (χ0n) is 9.92. The lowest BCUT2D eigenvalue weighted by molar-refractivity contribution is 0.554. The molecular formula is C13H21NS. The Morgan fingerprint density at radius 3 is 2.47 bits per heavy atom. The van der Waals surface area contributed by atoms with Crippen LogP contribution in [0, 0.1) is 12.8 Å². The van der Waals surface area contributed by atoms with Crippen LogP contribution in [0.5, 0.6) is 0 Å². The highest BCUT2D eigenvalue weighted by molar-refractivity contribution is 7.99. The quantitative estimate of drug-likeness (QED) is 0.600. The van der Waals surface area contributed by atoms with Gasteiger partial charge in [0.2, 0.25) is 0 Å². The third-order valence-electron chi connectivity index (χ3n) is 2.88. The molecule has 0 spiro atoms. The maximum Gasteiger partial charge on any atom is 0.0344 e. The van der Waals surface area contributed by atoms with E-state index in [2.05, 4.69) is 32.9 Å². The highest BCUT2D eigenvalue weighted by Gasteiger charge is 2.04. The summed E-state index contributed by atoms with van der Waals surface area (Å²) in [6.07, 6.45) is 2.55. The first-order valence-corrected chi connectivity index (χ1v) is 6.64. The number of nitrogens with two attached hydrogens (primary N) is 1. The van der Waals surface area contributed by atoms with Gasteiger partial charge in [0, 0.05) is 16.3 Å². The fourth-order valence-corrected chi connectivity index (χ4v) is 2.80. The summed E-state index contributed by atoms with van der Waals surface area (Å²) in [6, 6.07) is 6.31. The van der Waals surface area contributed by atoms with Crippen LogP contribution in [0.15, 0.2) is 23.1 Å². The molecule has 84 valence electrons. The van der Waals surface area contributed by atoms with Gasteiger partial charge < -0.3 is 5.73 Å².